The third-order valence-electron chi connectivity index (χ3n) is 4.25. The molecule has 2 aromatic carbocycles. The van der Waals surface area contributed by atoms with Gasteiger partial charge in [0.05, 0.1) is 24.9 Å². The second-order valence-electron chi connectivity index (χ2n) is 5.85. The van der Waals surface area contributed by atoms with Gasteiger partial charge in [0.15, 0.2) is 11.5 Å². The molecule has 2 heterocycles. The van der Waals surface area contributed by atoms with E-state index in [9.17, 15) is 0 Å². The third kappa shape index (κ3) is 2.71. The molecule has 1 aliphatic rings. The predicted molar refractivity (Wildman–Crippen MR) is 95.8 cm³/mol. The Morgan fingerprint density at radius 2 is 2.00 bits per heavy atom. The van der Waals surface area contributed by atoms with E-state index >= 15 is 0 Å². The summed E-state index contributed by atoms with van der Waals surface area (Å²) in [5.74, 6) is 2.79. The van der Waals surface area contributed by atoms with Gasteiger partial charge in [-0.15, -0.1) is 0 Å². The lowest BCUT2D eigenvalue weighted by Gasteiger charge is -2.11. The molecule has 1 aliphatic heterocycles. The highest BCUT2D eigenvalue weighted by Gasteiger charge is 2.21. The molecule has 0 N–H and O–H groups in total. The molecule has 0 aliphatic carbocycles. The molecule has 0 saturated carbocycles. The fourth-order valence-electron chi connectivity index (χ4n) is 3.06. The predicted octanol–water partition coefficient (Wildman–Crippen LogP) is 4.35. The first-order valence-electron chi connectivity index (χ1n) is 8.22. The summed E-state index contributed by atoms with van der Waals surface area (Å²) >= 11 is 0. The zero-order chi connectivity index (χ0) is 17.4. The first kappa shape index (κ1) is 15.6. The minimum Gasteiger partial charge on any atom is -0.494 e. The largest absolute Gasteiger partial charge is 0.494 e. The lowest BCUT2D eigenvalue weighted by Crippen LogP contribution is -1.94. The molecule has 25 heavy (non-hydrogen) atoms. The molecule has 0 bridgehead atoms. The number of pyridine rings is 1. The summed E-state index contributed by atoms with van der Waals surface area (Å²) in [6, 6.07) is 11.9. The molecule has 4 rings (SSSR count). The molecule has 0 amide bonds. The summed E-state index contributed by atoms with van der Waals surface area (Å²) in [6.45, 7) is 4.89. The number of ether oxygens (including phenoxy) is 4. The highest BCUT2D eigenvalue weighted by atomic mass is 16.7. The van der Waals surface area contributed by atoms with Gasteiger partial charge in [-0.05, 0) is 49.7 Å². The first-order valence-corrected chi connectivity index (χ1v) is 8.22. The summed E-state index contributed by atoms with van der Waals surface area (Å²) < 4.78 is 22.0. The molecule has 1 aromatic heterocycles. The third-order valence-corrected chi connectivity index (χ3v) is 4.25. The minimum absolute atomic E-state index is 0.205. The Labute approximate surface area is 146 Å². The van der Waals surface area contributed by atoms with Crippen LogP contribution >= 0.6 is 0 Å². The van der Waals surface area contributed by atoms with Gasteiger partial charge in [-0.2, -0.15) is 0 Å². The molecule has 0 spiro atoms. The van der Waals surface area contributed by atoms with Crippen LogP contribution < -0.4 is 18.9 Å². The Kier molecular flexibility index (Phi) is 3.84. The minimum atomic E-state index is 0.205. The van der Waals surface area contributed by atoms with Crippen molar-refractivity contribution in [3.8, 4) is 34.3 Å². The second kappa shape index (κ2) is 6.16. The van der Waals surface area contributed by atoms with Crippen LogP contribution in [0.5, 0.6) is 23.0 Å². The van der Waals surface area contributed by atoms with Crippen LogP contribution in [0.25, 0.3) is 22.2 Å². The molecular formula is C20H19NO4. The van der Waals surface area contributed by atoms with Gasteiger partial charge < -0.3 is 18.9 Å². The molecule has 128 valence electrons. The summed E-state index contributed by atoms with van der Waals surface area (Å²) in [4.78, 5) is 4.82. The molecule has 5 heteroatoms. The van der Waals surface area contributed by atoms with Gasteiger partial charge in [0.25, 0.3) is 0 Å². The topological polar surface area (TPSA) is 49.8 Å². The Hall–Kier alpha value is -2.95. The van der Waals surface area contributed by atoms with E-state index in [1.807, 2.05) is 37.3 Å². The Balaban J connectivity index is 1.86. The molecule has 0 fully saturated rings. The maximum absolute atomic E-state index is 5.60. The van der Waals surface area contributed by atoms with E-state index in [2.05, 4.69) is 13.0 Å². The second-order valence-corrected chi connectivity index (χ2v) is 5.85. The fourth-order valence-corrected chi connectivity index (χ4v) is 3.06. The summed E-state index contributed by atoms with van der Waals surface area (Å²) in [5, 5.41) is 1.11. The lowest BCUT2D eigenvalue weighted by atomic mass is 10.0. The van der Waals surface area contributed by atoms with Crippen LogP contribution in [0.2, 0.25) is 0 Å². The van der Waals surface area contributed by atoms with Crippen molar-refractivity contribution in [1.82, 2.24) is 4.98 Å². The summed E-state index contributed by atoms with van der Waals surface area (Å²) in [6.07, 6.45) is 0. The van der Waals surface area contributed by atoms with E-state index in [0.29, 0.717) is 23.9 Å². The van der Waals surface area contributed by atoms with E-state index in [1.54, 1.807) is 7.11 Å². The zero-order valence-corrected chi connectivity index (χ0v) is 14.5. The quantitative estimate of drug-likeness (QED) is 0.708. The highest BCUT2D eigenvalue weighted by molar-refractivity contribution is 5.86. The van der Waals surface area contributed by atoms with E-state index in [-0.39, 0.29) is 6.79 Å². The molecule has 5 nitrogen and oxygen atoms in total. The Morgan fingerprint density at radius 1 is 1.12 bits per heavy atom. The summed E-state index contributed by atoms with van der Waals surface area (Å²) in [5.41, 5.74) is 3.83. The van der Waals surface area contributed by atoms with E-state index < -0.39 is 0 Å². The van der Waals surface area contributed by atoms with Crippen molar-refractivity contribution in [2.45, 2.75) is 13.8 Å². The number of hydrogen-bond donors (Lipinski definition) is 0. The van der Waals surface area contributed by atoms with Crippen molar-refractivity contribution in [3.05, 3.63) is 42.0 Å². The maximum Gasteiger partial charge on any atom is 0.231 e. The monoisotopic (exact) mass is 337 g/mol. The van der Waals surface area contributed by atoms with Gasteiger partial charge in [-0.1, -0.05) is 0 Å². The van der Waals surface area contributed by atoms with Gasteiger partial charge in [-0.25, -0.2) is 4.98 Å². The molecular weight excluding hydrogens is 318 g/mol. The van der Waals surface area contributed by atoms with Crippen molar-refractivity contribution in [2.75, 3.05) is 20.5 Å². The molecule has 0 saturated heterocycles. The van der Waals surface area contributed by atoms with Gasteiger partial charge in [0.1, 0.15) is 5.75 Å². The van der Waals surface area contributed by atoms with Crippen LogP contribution in [0.15, 0.2) is 36.4 Å². The Morgan fingerprint density at radius 3 is 2.80 bits per heavy atom. The van der Waals surface area contributed by atoms with Crippen molar-refractivity contribution >= 4 is 10.9 Å². The standard InChI is InChI=1S/C20H19NO4/c1-4-23-14-5-6-15-12(2)7-16(21-17(15)10-14)13-8-18(22-3)20-19(9-13)24-11-25-20/h5-10H,4,11H2,1-3H3. The lowest BCUT2D eigenvalue weighted by molar-refractivity contribution is 0.171. The number of hydrogen-bond acceptors (Lipinski definition) is 5. The fraction of sp³-hybridized carbons (Fsp3) is 0.250. The normalized spacial score (nSPS) is 12.4. The number of methoxy groups -OCH3 is 1. The number of aromatic nitrogens is 1. The van der Waals surface area contributed by atoms with Crippen molar-refractivity contribution in [2.24, 2.45) is 0 Å². The number of rotatable bonds is 4. The van der Waals surface area contributed by atoms with Crippen molar-refractivity contribution in [1.29, 1.82) is 0 Å². The average molecular weight is 337 g/mol. The first-order chi connectivity index (χ1) is 12.2. The zero-order valence-electron chi connectivity index (χ0n) is 14.5. The molecule has 0 atom stereocenters. The smallest absolute Gasteiger partial charge is 0.231 e. The van der Waals surface area contributed by atoms with E-state index in [0.717, 1.165) is 33.5 Å². The van der Waals surface area contributed by atoms with Crippen LogP contribution in [0.4, 0.5) is 0 Å². The highest BCUT2D eigenvalue weighted by Crippen LogP contribution is 2.44. The van der Waals surface area contributed by atoms with Gasteiger partial charge in [0.2, 0.25) is 12.5 Å². The average Bonchev–Trinajstić information content (AvgIpc) is 3.09. The van der Waals surface area contributed by atoms with Gasteiger partial charge >= 0.3 is 0 Å². The van der Waals surface area contributed by atoms with Crippen LogP contribution in [0, 0.1) is 6.92 Å². The van der Waals surface area contributed by atoms with Crippen molar-refractivity contribution < 1.29 is 18.9 Å². The SMILES string of the molecule is CCOc1ccc2c(C)cc(-c3cc(OC)c4c(c3)OCO4)nc2c1. The van der Waals surface area contributed by atoms with Crippen LogP contribution in [-0.2, 0) is 0 Å². The van der Waals surface area contributed by atoms with Crippen LogP contribution in [0.3, 0.4) is 0 Å². The molecule has 0 unspecified atom stereocenters. The van der Waals surface area contributed by atoms with Gasteiger partial charge in [0, 0.05) is 17.0 Å². The number of benzene rings is 2. The van der Waals surface area contributed by atoms with Crippen LogP contribution in [-0.4, -0.2) is 25.5 Å². The van der Waals surface area contributed by atoms with Crippen LogP contribution in [0.1, 0.15) is 12.5 Å². The Bertz CT molecular complexity index is 952. The van der Waals surface area contributed by atoms with E-state index in [4.69, 9.17) is 23.9 Å². The van der Waals surface area contributed by atoms with Crippen molar-refractivity contribution in [3.63, 3.8) is 0 Å². The molecule has 3 aromatic rings. The summed E-state index contributed by atoms with van der Waals surface area (Å²) in [7, 11) is 1.62. The number of aryl methyl sites for hydroxylation is 1. The molecule has 0 radical (unpaired) electrons. The number of fused-ring (bicyclic) bond motifs is 2. The maximum atomic E-state index is 5.60. The van der Waals surface area contributed by atoms with Gasteiger partial charge in [-0.3, -0.25) is 0 Å². The van der Waals surface area contributed by atoms with E-state index in [1.165, 1.54) is 0 Å². The number of nitrogens with zero attached hydrogens (tertiary/aromatic N) is 1.